The molecule has 0 aromatic rings. The van der Waals surface area contributed by atoms with Crippen LogP contribution in [0.4, 0.5) is 4.79 Å². The molecule has 0 bridgehead atoms. The van der Waals surface area contributed by atoms with Crippen molar-refractivity contribution in [2.45, 2.75) is 45.6 Å². The molecule has 2 atom stereocenters. The highest BCUT2D eigenvalue weighted by molar-refractivity contribution is 5.74. The minimum absolute atomic E-state index is 0.107. The molecule has 1 aliphatic carbocycles. The van der Waals surface area contributed by atoms with Crippen LogP contribution in [-0.4, -0.2) is 43.3 Å². The summed E-state index contributed by atoms with van der Waals surface area (Å²) in [6, 6.07) is 0.477. The molecule has 4 nitrogen and oxygen atoms in total. The minimum atomic E-state index is 0.107. The van der Waals surface area contributed by atoms with Crippen molar-refractivity contribution in [3.8, 4) is 0 Å². The predicted molar refractivity (Wildman–Crippen MR) is 71.5 cm³/mol. The van der Waals surface area contributed by atoms with Gasteiger partial charge in [0.15, 0.2) is 0 Å². The summed E-state index contributed by atoms with van der Waals surface area (Å²) in [6.45, 7) is 7.33. The topological polar surface area (TPSA) is 41.6 Å². The lowest BCUT2D eigenvalue weighted by Gasteiger charge is -2.37. The quantitative estimate of drug-likeness (QED) is 0.821. The predicted octanol–water partition coefficient (Wildman–Crippen LogP) is 2.24. The highest BCUT2D eigenvalue weighted by Crippen LogP contribution is 2.30. The molecule has 2 rings (SSSR count). The number of nitrogens with one attached hydrogen (secondary N) is 1. The van der Waals surface area contributed by atoms with Crippen molar-refractivity contribution in [1.82, 2.24) is 10.2 Å². The van der Waals surface area contributed by atoms with Gasteiger partial charge in [0.25, 0.3) is 0 Å². The number of carbonyl (C=O) groups is 1. The van der Waals surface area contributed by atoms with Crippen LogP contribution in [-0.2, 0) is 4.74 Å². The van der Waals surface area contributed by atoms with Gasteiger partial charge in [0.05, 0.1) is 13.2 Å². The van der Waals surface area contributed by atoms with Gasteiger partial charge in [-0.3, -0.25) is 0 Å². The van der Waals surface area contributed by atoms with Gasteiger partial charge >= 0.3 is 6.03 Å². The SMILES string of the molecule is CC(C)C1CCCCC1NC(=O)N1CCOCC1. The standard InChI is InChI=1S/C14H26N2O2/c1-11(2)12-5-3-4-6-13(12)15-14(17)16-7-9-18-10-8-16/h11-13H,3-10H2,1-2H3,(H,15,17). The van der Waals surface area contributed by atoms with Crippen LogP contribution in [0.1, 0.15) is 39.5 Å². The normalized spacial score (nSPS) is 29.4. The van der Waals surface area contributed by atoms with Crippen LogP contribution < -0.4 is 5.32 Å². The van der Waals surface area contributed by atoms with Crippen LogP contribution >= 0.6 is 0 Å². The molecule has 104 valence electrons. The Labute approximate surface area is 110 Å². The average Bonchev–Trinajstić information content (AvgIpc) is 2.40. The van der Waals surface area contributed by atoms with Crippen LogP contribution in [0.2, 0.25) is 0 Å². The second-order valence-electron chi connectivity index (χ2n) is 5.85. The molecule has 1 aliphatic heterocycles. The Morgan fingerprint density at radius 1 is 1.22 bits per heavy atom. The maximum absolute atomic E-state index is 12.2. The van der Waals surface area contributed by atoms with E-state index in [4.69, 9.17) is 4.74 Å². The first-order valence-electron chi connectivity index (χ1n) is 7.31. The lowest BCUT2D eigenvalue weighted by Crippen LogP contribution is -2.52. The molecule has 1 saturated carbocycles. The van der Waals surface area contributed by atoms with Crippen molar-refractivity contribution in [2.24, 2.45) is 11.8 Å². The van der Waals surface area contributed by atoms with Crippen molar-refractivity contribution in [2.75, 3.05) is 26.3 Å². The second kappa shape index (κ2) is 6.41. The summed E-state index contributed by atoms with van der Waals surface area (Å²) in [5, 5.41) is 3.25. The second-order valence-corrected chi connectivity index (χ2v) is 5.85. The summed E-state index contributed by atoms with van der Waals surface area (Å²) in [4.78, 5) is 14.1. The smallest absolute Gasteiger partial charge is 0.317 e. The summed E-state index contributed by atoms with van der Waals surface area (Å²) in [5.41, 5.74) is 0. The number of amides is 2. The molecule has 4 heteroatoms. The number of carbonyl (C=O) groups excluding carboxylic acids is 1. The van der Waals surface area contributed by atoms with Crippen LogP contribution in [0.25, 0.3) is 0 Å². The number of hydrogen-bond donors (Lipinski definition) is 1. The number of ether oxygens (including phenoxy) is 1. The van der Waals surface area contributed by atoms with Crippen molar-refractivity contribution in [3.05, 3.63) is 0 Å². The van der Waals surface area contributed by atoms with Gasteiger partial charge in [-0.1, -0.05) is 26.7 Å². The number of rotatable bonds is 2. The Morgan fingerprint density at radius 2 is 1.89 bits per heavy atom. The molecule has 0 radical (unpaired) electrons. The fourth-order valence-electron chi connectivity index (χ4n) is 3.15. The largest absolute Gasteiger partial charge is 0.378 e. The summed E-state index contributed by atoms with van der Waals surface area (Å²) in [7, 11) is 0. The van der Waals surface area contributed by atoms with E-state index < -0.39 is 0 Å². The van der Waals surface area contributed by atoms with E-state index in [2.05, 4.69) is 19.2 Å². The van der Waals surface area contributed by atoms with Crippen molar-refractivity contribution in [3.63, 3.8) is 0 Å². The molecule has 18 heavy (non-hydrogen) atoms. The Kier molecular flexibility index (Phi) is 4.87. The molecule has 0 aromatic carbocycles. The van der Waals surface area contributed by atoms with E-state index in [9.17, 15) is 4.79 Å². The highest BCUT2D eigenvalue weighted by Gasteiger charge is 2.30. The van der Waals surface area contributed by atoms with E-state index in [0.29, 0.717) is 31.1 Å². The van der Waals surface area contributed by atoms with Crippen molar-refractivity contribution in [1.29, 1.82) is 0 Å². The lowest BCUT2D eigenvalue weighted by atomic mass is 9.78. The molecular weight excluding hydrogens is 228 g/mol. The summed E-state index contributed by atoms with van der Waals surface area (Å²) >= 11 is 0. The minimum Gasteiger partial charge on any atom is -0.378 e. The molecule has 2 aliphatic rings. The first kappa shape index (κ1) is 13.7. The third-order valence-corrected chi connectivity index (χ3v) is 4.28. The van der Waals surface area contributed by atoms with E-state index in [-0.39, 0.29) is 6.03 Å². The van der Waals surface area contributed by atoms with Gasteiger partial charge in [0, 0.05) is 19.1 Å². The highest BCUT2D eigenvalue weighted by atomic mass is 16.5. The Bertz CT molecular complexity index is 275. The molecule has 0 spiro atoms. The number of hydrogen-bond acceptors (Lipinski definition) is 2. The monoisotopic (exact) mass is 254 g/mol. The molecule has 1 N–H and O–H groups in total. The number of urea groups is 1. The van der Waals surface area contributed by atoms with E-state index in [0.717, 1.165) is 19.5 Å². The van der Waals surface area contributed by atoms with Gasteiger partial charge in [0.2, 0.25) is 0 Å². The van der Waals surface area contributed by atoms with E-state index in [1.54, 1.807) is 0 Å². The molecular formula is C14H26N2O2. The van der Waals surface area contributed by atoms with Gasteiger partial charge in [-0.2, -0.15) is 0 Å². The zero-order valence-electron chi connectivity index (χ0n) is 11.7. The van der Waals surface area contributed by atoms with Gasteiger partial charge in [-0.15, -0.1) is 0 Å². The van der Waals surface area contributed by atoms with Crippen LogP contribution in [0.15, 0.2) is 0 Å². The third kappa shape index (κ3) is 3.37. The van der Waals surface area contributed by atoms with Gasteiger partial charge in [0.1, 0.15) is 0 Å². The summed E-state index contributed by atoms with van der Waals surface area (Å²) < 4.78 is 5.28. The van der Waals surface area contributed by atoms with Crippen LogP contribution in [0.3, 0.4) is 0 Å². The number of nitrogens with zero attached hydrogens (tertiary/aromatic N) is 1. The van der Waals surface area contributed by atoms with Gasteiger partial charge in [-0.05, 0) is 24.7 Å². The Hall–Kier alpha value is -0.770. The van der Waals surface area contributed by atoms with Gasteiger partial charge < -0.3 is 15.0 Å². The summed E-state index contributed by atoms with van der Waals surface area (Å²) in [6.07, 6.45) is 4.95. The first-order valence-corrected chi connectivity index (χ1v) is 7.31. The van der Waals surface area contributed by atoms with E-state index >= 15 is 0 Å². The maximum Gasteiger partial charge on any atom is 0.317 e. The Balaban J connectivity index is 1.87. The van der Waals surface area contributed by atoms with Crippen molar-refractivity contribution >= 4 is 6.03 Å². The van der Waals surface area contributed by atoms with E-state index in [1.165, 1.54) is 19.3 Å². The van der Waals surface area contributed by atoms with E-state index in [1.807, 2.05) is 4.90 Å². The van der Waals surface area contributed by atoms with Gasteiger partial charge in [-0.25, -0.2) is 4.79 Å². The fourth-order valence-corrected chi connectivity index (χ4v) is 3.15. The zero-order chi connectivity index (χ0) is 13.0. The molecule has 1 saturated heterocycles. The number of morpholine rings is 1. The summed E-state index contributed by atoms with van der Waals surface area (Å²) in [5.74, 6) is 1.30. The zero-order valence-corrected chi connectivity index (χ0v) is 11.7. The van der Waals surface area contributed by atoms with Crippen LogP contribution in [0, 0.1) is 11.8 Å². The fraction of sp³-hybridized carbons (Fsp3) is 0.929. The molecule has 1 heterocycles. The van der Waals surface area contributed by atoms with Crippen molar-refractivity contribution < 1.29 is 9.53 Å². The Morgan fingerprint density at radius 3 is 2.56 bits per heavy atom. The molecule has 0 aromatic heterocycles. The molecule has 2 amide bonds. The maximum atomic E-state index is 12.2. The lowest BCUT2D eigenvalue weighted by molar-refractivity contribution is 0.0508. The average molecular weight is 254 g/mol. The first-order chi connectivity index (χ1) is 8.68. The molecule has 2 fully saturated rings. The molecule has 2 unspecified atom stereocenters. The third-order valence-electron chi connectivity index (χ3n) is 4.28. The van der Waals surface area contributed by atoms with Crippen LogP contribution in [0.5, 0.6) is 0 Å².